The number of halogens is 1. The van der Waals surface area contributed by atoms with E-state index in [4.69, 9.17) is 9.05 Å². The number of hydrogen-bond acceptors (Lipinski definition) is 3. The van der Waals surface area contributed by atoms with Gasteiger partial charge in [-0.15, -0.1) is 0 Å². The molecule has 0 unspecified atom stereocenters. The highest BCUT2D eigenvalue weighted by Gasteiger charge is 2.27. The van der Waals surface area contributed by atoms with Crippen LogP contribution in [0.2, 0.25) is 0 Å². The molecule has 0 atom stereocenters. The molecule has 0 saturated heterocycles. The Labute approximate surface area is 176 Å². The number of benzene rings is 2. The molecular formula is C24H34FO3P. The van der Waals surface area contributed by atoms with Crippen molar-refractivity contribution in [2.75, 3.05) is 0 Å². The molecular weight excluding hydrogens is 386 g/mol. The first-order valence-electron chi connectivity index (χ1n) is 10.4. The third kappa shape index (κ3) is 5.71. The lowest BCUT2D eigenvalue weighted by Gasteiger charge is -2.24. The summed E-state index contributed by atoms with van der Waals surface area (Å²) in [7, 11) is -2.24. The van der Waals surface area contributed by atoms with E-state index in [-0.39, 0.29) is 23.7 Å². The fourth-order valence-corrected chi connectivity index (χ4v) is 4.19. The predicted octanol–water partition coefficient (Wildman–Crippen LogP) is 8.77. The van der Waals surface area contributed by atoms with E-state index in [1.807, 2.05) is 36.4 Å². The van der Waals surface area contributed by atoms with Crippen LogP contribution in [0, 0.1) is 0 Å². The fraction of sp³-hybridized carbons (Fsp3) is 0.500. The number of rotatable bonds is 9. The lowest BCUT2D eigenvalue weighted by molar-refractivity contribution is -0.0160. The van der Waals surface area contributed by atoms with Gasteiger partial charge in [0.1, 0.15) is 11.5 Å². The molecule has 0 radical (unpaired) electrons. The minimum atomic E-state index is -2.24. The second kappa shape index (κ2) is 10.4. The van der Waals surface area contributed by atoms with Gasteiger partial charge in [0, 0.05) is 0 Å². The van der Waals surface area contributed by atoms with Crippen molar-refractivity contribution in [3.05, 3.63) is 58.7 Å². The number of hydrogen-bond donors (Lipinski definition) is 0. The van der Waals surface area contributed by atoms with Crippen LogP contribution in [0.15, 0.2) is 36.4 Å². The van der Waals surface area contributed by atoms with Crippen LogP contribution in [0.5, 0.6) is 11.5 Å². The summed E-state index contributed by atoms with van der Waals surface area (Å²) in [5.74, 6) is 2.25. The van der Waals surface area contributed by atoms with Gasteiger partial charge < -0.3 is 9.05 Å². The summed E-state index contributed by atoms with van der Waals surface area (Å²) >= 11 is 0. The first-order valence-corrected chi connectivity index (χ1v) is 11.5. The van der Waals surface area contributed by atoms with Gasteiger partial charge in [0.2, 0.25) is 0 Å². The Morgan fingerprint density at radius 3 is 1.07 bits per heavy atom. The molecule has 0 aliphatic rings. The Kier molecular flexibility index (Phi) is 8.48. The largest absolute Gasteiger partial charge is 0.497 e. The molecule has 0 amide bonds. The normalized spacial score (nSPS) is 11.9. The molecule has 0 heterocycles. The first-order chi connectivity index (χ1) is 13.7. The summed E-state index contributed by atoms with van der Waals surface area (Å²) in [5.41, 5.74) is 4.08. The third-order valence-corrected chi connectivity index (χ3v) is 5.80. The average Bonchev–Trinajstić information content (AvgIpc) is 2.66. The summed E-state index contributed by atoms with van der Waals surface area (Å²) in [4.78, 5) is 0. The van der Waals surface area contributed by atoms with E-state index < -0.39 is 8.60 Å². The topological polar surface area (TPSA) is 27.7 Å². The van der Waals surface area contributed by atoms with Gasteiger partial charge in [0.05, 0.1) is 0 Å². The average molecular weight is 421 g/mol. The van der Waals surface area contributed by atoms with E-state index in [0.717, 1.165) is 22.3 Å². The second-order valence-corrected chi connectivity index (χ2v) is 9.58. The van der Waals surface area contributed by atoms with Crippen LogP contribution in [0.1, 0.15) is 101 Å². The summed E-state index contributed by atoms with van der Waals surface area (Å²) < 4.78 is 30.0. The van der Waals surface area contributed by atoms with Crippen LogP contribution < -0.4 is 9.05 Å². The molecule has 2 rings (SSSR count). The predicted molar refractivity (Wildman–Crippen MR) is 120 cm³/mol. The van der Waals surface area contributed by atoms with Crippen LogP contribution in [0.4, 0.5) is 4.53 Å². The molecule has 2 aromatic rings. The molecule has 0 fully saturated rings. The summed E-state index contributed by atoms with van der Waals surface area (Å²) in [5, 5.41) is 0. The van der Waals surface area contributed by atoms with Gasteiger partial charge in [-0.2, -0.15) is 0 Å². The molecule has 0 spiro atoms. The lowest BCUT2D eigenvalue weighted by Crippen LogP contribution is -2.06. The fourth-order valence-electron chi connectivity index (χ4n) is 3.37. The standard InChI is InChI=1S/C24H34FO3P/c1-15(2)19-11-9-12-20(16(3)4)23(19)26-29(28-25)27-24-21(17(5)6)13-10-14-22(24)18(7)8/h9-18H,1-8H3. The molecule has 0 saturated carbocycles. The first kappa shape index (κ1) is 23.6. The highest BCUT2D eigenvalue weighted by molar-refractivity contribution is 7.42. The maximum Gasteiger partial charge on any atom is 0.497 e. The maximum atomic E-state index is 13.6. The van der Waals surface area contributed by atoms with Gasteiger partial charge in [-0.25, -0.2) is 0 Å². The smallest absolute Gasteiger partial charge is 0.416 e. The number of para-hydroxylation sites is 2. The monoisotopic (exact) mass is 420 g/mol. The van der Waals surface area contributed by atoms with Gasteiger partial charge in [-0.3, -0.25) is 0 Å². The minimum absolute atomic E-state index is 0.231. The van der Waals surface area contributed by atoms with Gasteiger partial charge in [0.25, 0.3) is 0 Å². The minimum Gasteiger partial charge on any atom is -0.416 e. The molecule has 5 heteroatoms. The van der Waals surface area contributed by atoms with Crippen molar-refractivity contribution in [3.63, 3.8) is 0 Å². The molecule has 0 aliphatic carbocycles. The Balaban J connectivity index is 2.46. The van der Waals surface area contributed by atoms with Crippen molar-refractivity contribution in [3.8, 4) is 11.5 Å². The van der Waals surface area contributed by atoms with E-state index in [9.17, 15) is 4.53 Å². The summed E-state index contributed by atoms with van der Waals surface area (Å²) in [6.45, 7) is 16.8. The third-order valence-electron chi connectivity index (χ3n) is 5.03. The Morgan fingerprint density at radius 2 is 0.862 bits per heavy atom. The van der Waals surface area contributed by atoms with E-state index in [2.05, 4.69) is 60.1 Å². The zero-order valence-corrected chi connectivity index (χ0v) is 19.7. The highest BCUT2D eigenvalue weighted by atomic mass is 31.2. The Bertz CT molecular complexity index is 685. The molecule has 0 aromatic heterocycles. The summed E-state index contributed by atoms with van der Waals surface area (Å²) in [6, 6.07) is 12.1. The molecule has 0 aliphatic heterocycles. The lowest BCUT2D eigenvalue weighted by atomic mass is 9.94. The molecule has 0 N–H and O–H groups in total. The molecule has 2 aromatic carbocycles. The van der Waals surface area contributed by atoms with E-state index >= 15 is 0 Å². The van der Waals surface area contributed by atoms with Crippen molar-refractivity contribution in [2.24, 2.45) is 0 Å². The Morgan fingerprint density at radius 1 is 0.586 bits per heavy atom. The van der Waals surface area contributed by atoms with Gasteiger partial charge in [0.15, 0.2) is 0 Å². The second-order valence-electron chi connectivity index (χ2n) is 8.63. The summed E-state index contributed by atoms with van der Waals surface area (Å²) in [6.07, 6.45) is 0. The SMILES string of the molecule is CC(C)c1cccc(C(C)C)c1OP(OF)Oc1c(C(C)C)cccc1C(C)C. The van der Waals surface area contributed by atoms with Crippen LogP contribution in [0.3, 0.4) is 0 Å². The van der Waals surface area contributed by atoms with Crippen LogP contribution >= 0.6 is 8.60 Å². The zero-order valence-electron chi connectivity index (χ0n) is 18.8. The molecule has 3 nitrogen and oxygen atoms in total. The Hall–Kier alpha value is -1.64. The van der Waals surface area contributed by atoms with Crippen molar-refractivity contribution in [1.82, 2.24) is 0 Å². The van der Waals surface area contributed by atoms with Gasteiger partial charge in [-0.1, -0.05) is 96.5 Å². The van der Waals surface area contributed by atoms with Crippen molar-refractivity contribution < 1.29 is 18.3 Å². The molecule has 29 heavy (non-hydrogen) atoms. The molecule has 0 bridgehead atoms. The van der Waals surface area contributed by atoms with Crippen molar-refractivity contribution >= 4 is 8.60 Å². The van der Waals surface area contributed by atoms with Crippen molar-refractivity contribution in [2.45, 2.75) is 79.1 Å². The van der Waals surface area contributed by atoms with E-state index in [1.165, 1.54) is 0 Å². The van der Waals surface area contributed by atoms with E-state index in [0.29, 0.717) is 11.5 Å². The van der Waals surface area contributed by atoms with Crippen LogP contribution in [-0.4, -0.2) is 0 Å². The quantitative estimate of drug-likeness (QED) is 0.379. The van der Waals surface area contributed by atoms with Gasteiger partial charge in [-0.05, 0) is 50.5 Å². The maximum absolute atomic E-state index is 13.6. The van der Waals surface area contributed by atoms with Crippen LogP contribution in [0.25, 0.3) is 0 Å². The van der Waals surface area contributed by atoms with E-state index in [1.54, 1.807) is 0 Å². The van der Waals surface area contributed by atoms with Crippen LogP contribution in [-0.2, 0) is 4.73 Å². The highest BCUT2D eigenvalue weighted by Crippen LogP contribution is 2.49. The van der Waals surface area contributed by atoms with Crippen molar-refractivity contribution in [1.29, 1.82) is 0 Å². The molecule has 160 valence electrons. The van der Waals surface area contributed by atoms with Gasteiger partial charge >= 0.3 is 8.60 Å². The zero-order chi connectivity index (χ0) is 21.7.